The number of thiocarbonyl (C=S) groups is 2. The second-order valence-electron chi connectivity index (χ2n) is 5.77. The van der Waals surface area contributed by atoms with E-state index in [1.165, 1.54) is 0 Å². The number of rotatable bonds is 3. The highest BCUT2D eigenvalue weighted by Crippen LogP contribution is 2.45. The van der Waals surface area contributed by atoms with Gasteiger partial charge in [0, 0.05) is 11.1 Å². The Kier molecular flexibility index (Phi) is 4.49. The second kappa shape index (κ2) is 7.09. The molecule has 0 atom stereocenters. The average molecular weight is 368 g/mol. The zero-order valence-electron chi connectivity index (χ0n) is 13.6. The normalized spacial score (nSPS) is 10.3. The van der Waals surface area contributed by atoms with Crippen molar-refractivity contribution in [2.24, 2.45) is 9.98 Å². The number of isothiocyanates is 2. The minimum absolute atomic E-state index is 0.760. The van der Waals surface area contributed by atoms with Gasteiger partial charge in [0.2, 0.25) is 0 Å². The highest BCUT2D eigenvalue weighted by molar-refractivity contribution is 7.78. The molecule has 0 aliphatic rings. The van der Waals surface area contributed by atoms with Crippen molar-refractivity contribution in [2.75, 3.05) is 0 Å². The van der Waals surface area contributed by atoms with Crippen molar-refractivity contribution in [3.63, 3.8) is 0 Å². The zero-order chi connectivity index (χ0) is 17.9. The third-order valence-corrected chi connectivity index (χ3v) is 4.58. The van der Waals surface area contributed by atoms with Gasteiger partial charge in [-0.15, -0.1) is 0 Å². The van der Waals surface area contributed by atoms with Gasteiger partial charge >= 0.3 is 0 Å². The van der Waals surface area contributed by atoms with Crippen LogP contribution in [0.4, 0.5) is 11.4 Å². The summed E-state index contributed by atoms with van der Waals surface area (Å²) in [5.41, 5.74) is 3.47. The van der Waals surface area contributed by atoms with Crippen LogP contribution in [0.1, 0.15) is 0 Å². The van der Waals surface area contributed by atoms with Crippen molar-refractivity contribution in [3.8, 4) is 11.1 Å². The smallest absolute Gasteiger partial charge is 0.0825 e. The summed E-state index contributed by atoms with van der Waals surface area (Å²) in [6.45, 7) is 0. The summed E-state index contributed by atoms with van der Waals surface area (Å²) in [5.74, 6) is 0. The maximum atomic E-state index is 4.88. The molecule has 0 heterocycles. The first-order chi connectivity index (χ1) is 12.8. The molecule has 0 radical (unpaired) electrons. The Morgan fingerprint density at radius 3 is 1.38 bits per heavy atom. The Morgan fingerprint density at radius 2 is 0.962 bits per heavy atom. The first-order valence-electron chi connectivity index (χ1n) is 8.03. The standard InChI is InChI=1S/C22H12N2S2/c25-13-23-19-11-9-15-5-1-3-7-17(15)21(19)22-18-8-4-2-6-16(18)10-12-20(22)24-14-26/h1-12H. The third kappa shape index (κ3) is 2.78. The minimum atomic E-state index is 0.760. The van der Waals surface area contributed by atoms with Crippen molar-refractivity contribution in [3.05, 3.63) is 72.8 Å². The Labute approximate surface area is 161 Å². The number of nitrogens with zero attached hydrogens (tertiary/aromatic N) is 2. The van der Waals surface area contributed by atoms with Crippen molar-refractivity contribution in [1.29, 1.82) is 0 Å². The topological polar surface area (TPSA) is 24.7 Å². The molecule has 4 aromatic rings. The molecule has 0 bridgehead atoms. The lowest BCUT2D eigenvalue weighted by Crippen LogP contribution is -1.87. The monoisotopic (exact) mass is 368 g/mol. The number of benzene rings is 4. The van der Waals surface area contributed by atoms with Gasteiger partial charge in [-0.25, -0.2) is 0 Å². The number of hydrogen-bond donors (Lipinski definition) is 0. The van der Waals surface area contributed by atoms with Crippen LogP contribution in [0.3, 0.4) is 0 Å². The minimum Gasteiger partial charge on any atom is -0.194 e. The van der Waals surface area contributed by atoms with Crippen LogP contribution in [0.25, 0.3) is 32.7 Å². The molecule has 0 saturated heterocycles. The second-order valence-corrected chi connectivity index (χ2v) is 6.13. The van der Waals surface area contributed by atoms with E-state index in [1.54, 1.807) is 0 Å². The predicted octanol–water partition coefficient (Wildman–Crippen LogP) is 7.13. The zero-order valence-corrected chi connectivity index (χ0v) is 15.3. The van der Waals surface area contributed by atoms with E-state index in [9.17, 15) is 0 Å². The molecule has 0 aliphatic heterocycles. The lowest BCUT2D eigenvalue weighted by atomic mass is 9.91. The SMILES string of the molecule is S=C=Nc1ccc2ccccc2c1-c1c(N=C=S)ccc2ccccc12. The first-order valence-corrected chi connectivity index (χ1v) is 8.85. The molecule has 122 valence electrons. The van der Waals surface area contributed by atoms with Crippen LogP contribution < -0.4 is 0 Å². The number of aliphatic imine (C=N–C) groups is 2. The van der Waals surface area contributed by atoms with Gasteiger partial charge in [0.1, 0.15) is 0 Å². The van der Waals surface area contributed by atoms with E-state index in [-0.39, 0.29) is 0 Å². The Bertz CT molecular complexity index is 1150. The van der Waals surface area contributed by atoms with Gasteiger partial charge in [-0.3, -0.25) is 0 Å². The van der Waals surface area contributed by atoms with Crippen molar-refractivity contribution >= 4 is 67.7 Å². The summed E-state index contributed by atoms with van der Waals surface area (Å²) in [5, 5.41) is 9.40. The summed E-state index contributed by atoms with van der Waals surface area (Å²) in [4.78, 5) is 8.64. The quantitative estimate of drug-likeness (QED) is 0.284. The molecule has 0 spiro atoms. The summed E-state index contributed by atoms with van der Waals surface area (Å²) >= 11 is 9.75. The molecule has 0 N–H and O–H groups in total. The molecule has 0 amide bonds. The Balaban J connectivity index is 2.26. The molecule has 0 saturated carbocycles. The molecular weight excluding hydrogens is 356 g/mol. The van der Waals surface area contributed by atoms with Crippen LogP contribution in [0.2, 0.25) is 0 Å². The fourth-order valence-electron chi connectivity index (χ4n) is 3.33. The molecule has 0 unspecified atom stereocenters. The van der Waals surface area contributed by atoms with E-state index in [0.29, 0.717) is 0 Å². The van der Waals surface area contributed by atoms with E-state index < -0.39 is 0 Å². The predicted molar refractivity (Wildman–Crippen MR) is 116 cm³/mol. The number of fused-ring (bicyclic) bond motifs is 2. The molecule has 4 aromatic carbocycles. The van der Waals surface area contributed by atoms with Crippen molar-refractivity contribution < 1.29 is 0 Å². The molecule has 0 fully saturated rings. The maximum absolute atomic E-state index is 4.88. The van der Waals surface area contributed by atoms with E-state index in [0.717, 1.165) is 44.0 Å². The van der Waals surface area contributed by atoms with Crippen LogP contribution in [-0.2, 0) is 0 Å². The summed E-state index contributed by atoms with van der Waals surface area (Å²) < 4.78 is 0. The molecule has 2 nitrogen and oxygen atoms in total. The van der Waals surface area contributed by atoms with E-state index in [1.807, 2.05) is 48.5 Å². The van der Waals surface area contributed by atoms with Crippen LogP contribution >= 0.6 is 24.4 Å². The third-order valence-electron chi connectivity index (χ3n) is 4.40. The first kappa shape index (κ1) is 16.5. The molecular formula is C22H12N2S2. The Hall–Kier alpha value is -3.00. The van der Waals surface area contributed by atoms with Gasteiger partial charge in [-0.2, -0.15) is 9.98 Å². The van der Waals surface area contributed by atoms with Gasteiger partial charge in [-0.05, 0) is 58.1 Å². The van der Waals surface area contributed by atoms with E-state index in [4.69, 9.17) is 24.4 Å². The van der Waals surface area contributed by atoms with Gasteiger partial charge in [0.15, 0.2) is 0 Å². The van der Waals surface area contributed by atoms with Crippen LogP contribution in [0.5, 0.6) is 0 Å². The molecule has 4 rings (SSSR count). The molecule has 0 aliphatic carbocycles. The van der Waals surface area contributed by atoms with E-state index >= 15 is 0 Å². The van der Waals surface area contributed by atoms with Crippen LogP contribution in [0, 0.1) is 0 Å². The summed E-state index contributed by atoms with van der Waals surface area (Å²) in [6, 6.07) is 24.4. The molecule has 0 aromatic heterocycles. The van der Waals surface area contributed by atoms with Gasteiger partial charge in [-0.1, -0.05) is 60.7 Å². The van der Waals surface area contributed by atoms with Gasteiger partial charge in [0.05, 0.1) is 21.7 Å². The van der Waals surface area contributed by atoms with Crippen LogP contribution in [0.15, 0.2) is 82.8 Å². The van der Waals surface area contributed by atoms with Gasteiger partial charge < -0.3 is 0 Å². The lowest BCUT2D eigenvalue weighted by molar-refractivity contribution is 1.53. The summed E-state index contributed by atoms with van der Waals surface area (Å²) in [7, 11) is 0. The summed E-state index contributed by atoms with van der Waals surface area (Å²) in [6.07, 6.45) is 0. The molecule has 26 heavy (non-hydrogen) atoms. The maximum Gasteiger partial charge on any atom is 0.0825 e. The lowest BCUT2D eigenvalue weighted by Gasteiger charge is -2.15. The van der Waals surface area contributed by atoms with E-state index in [2.05, 4.69) is 44.6 Å². The highest BCUT2D eigenvalue weighted by Gasteiger charge is 2.16. The van der Waals surface area contributed by atoms with Crippen LogP contribution in [-0.4, -0.2) is 10.3 Å². The largest absolute Gasteiger partial charge is 0.194 e. The Morgan fingerprint density at radius 1 is 0.538 bits per heavy atom. The fourth-order valence-corrected chi connectivity index (χ4v) is 3.53. The average Bonchev–Trinajstić information content (AvgIpc) is 2.69. The fraction of sp³-hybridized carbons (Fsp3) is 0. The van der Waals surface area contributed by atoms with Crippen molar-refractivity contribution in [1.82, 2.24) is 0 Å². The number of hydrogen-bond acceptors (Lipinski definition) is 4. The molecule has 4 heteroatoms. The highest BCUT2D eigenvalue weighted by atomic mass is 32.1. The van der Waals surface area contributed by atoms with Crippen molar-refractivity contribution in [2.45, 2.75) is 0 Å². The van der Waals surface area contributed by atoms with Gasteiger partial charge in [0.25, 0.3) is 0 Å².